The monoisotopic (exact) mass is 396 g/mol. The van der Waals surface area contributed by atoms with E-state index in [-0.39, 0.29) is 5.91 Å². The van der Waals surface area contributed by atoms with Crippen molar-refractivity contribution >= 4 is 49.1 Å². The van der Waals surface area contributed by atoms with Crippen LogP contribution in [-0.4, -0.2) is 5.91 Å². The lowest BCUT2D eigenvalue weighted by Crippen LogP contribution is -2.16. The molecule has 3 nitrogen and oxygen atoms in total. The Balaban J connectivity index is 2.38. The van der Waals surface area contributed by atoms with Crippen LogP contribution in [0.1, 0.15) is 21.5 Å². The largest absolute Gasteiger partial charge is 0.397 e. The van der Waals surface area contributed by atoms with E-state index in [0.29, 0.717) is 16.9 Å². The standard InChI is InChI=1S/C15H14Br2N2O/c1-8-4-3-5-9(2)13(8)15(20)19-14-11(17)6-10(16)7-12(14)18/h3-7H,18H2,1-2H3,(H,19,20). The Bertz CT molecular complexity index is 640. The number of nitrogen functional groups attached to an aromatic ring is 1. The fourth-order valence-corrected chi connectivity index (χ4v) is 3.43. The van der Waals surface area contributed by atoms with Crippen molar-refractivity contribution in [3.05, 3.63) is 56.0 Å². The summed E-state index contributed by atoms with van der Waals surface area (Å²) in [4.78, 5) is 12.4. The molecule has 0 radical (unpaired) electrons. The average molecular weight is 398 g/mol. The molecule has 1 amide bonds. The molecule has 2 rings (SSSR count). The molecule has 0 aliphatic rings. The lowest BCUT2D eigenvalue weighted by Gasteiger charge is -2.13. The van der Waals surface area contributed by atoms with Crippen LogP contribution in [0.2, 0.25) is 0 Å². The molecule has 0 saturated carbocycles. The number of rotatable bonds is 2. The summed E-state index contributed by atoms with van der Waals surface area (Å²) in [6.07, 6.45) is 0. The van der Waals surface area contributed by atoms with Gasteiger partial charge in [-0.05, 0) is 53.0 Å². The maximum atomic E-state index is 12.4. The second kappa shape index (κ2) is 5.97. The summed E-state index contributed by atoms with van der Waals surface area (Å²) in [6, 6.07) is 9.37. The number of carbonyl (C=O) groups is 1. The van der Waals surface area contributed by atoms with Gasteiger partial charge in [-0.1, -0.05) is 34.1 Å². The second-order valence-electron chi connectivity index (χ2n) is 4.57. The summed E-state index contributed by atoms with van der Waals surface area (Å²) >= 11 is 6.77. The van der Waals surface area contributed by atoms with Crippen LogP contribution < -0.4 is 11.1 Å². The Morgan fingerprint density at radius 1 is 1.15 bits per heavy atom. The third-order valence-corrected chi connectivity index (χ3v) is 4.12. The summed E-state index contributed by atoms with van der Waals surface area (Å²) < 4.78 is 1.59. The molecule has 0 unspecified atom stereocenters. The van der Waals surface area contributed by atoms with Crippen LogP contribution in [0, 0.1) is 13.8 Å². The molecule has 0 aliphatic carbocycles. The van der Waals surface area contributed by atoms with Crippen molar-refractivity contribution in [2.24, 2.45) is 0 Å². The number of hydrogen-bond acceptors (Lipinski definition) is 2. The van der Waals surface area contributed by atoms with Crippen molar-refractivity contribution < 1.29 is 4.79 Å². The van der Waals surface area contributed by atoms with E-state index in [1.807, 2.05) is 38.1 Å². The van der Waals surface area contributed by atoms with Gasteiger partial charge in [0.25, 0.3) is 5.91 Å². The van der Waals surface area contributed by atoms with E-state index in [9.17, 15) is 4.79 Å². The van der Waals surface area contributed by atoms with Crippen LogP contribution in [0.25, 0.3) is 0 Å². The lowest BCUT2D eigenvalue weighted by atomic mass is 10.0. The summed E-state index contributed by atoms with van der Waals surface area (Å²) in [5.74, 6) is -0.157. The number of carbonyl (C=O) groups excluding carboxylic acids is 1. The van der Waals surface area contributed by atoms with Gasteiger partial charge in [-0.2, -0.15) is 0 Å². The van der Waals surface area contributed by atoms with Crippen LogP contribution >= 0.6 is 31.9 Å². The summed E-state index contributed by atoms with van der Waals surface area (Å²) in [6.45, 7) is 3.84. The third-order valence-electron chi connectivity index (χ3n) is 3.03. The van der Waals surface area contributed by atoms with Gasteiger partial charge >= 0.3 is 0 Å². The van der Waals surface area contributed by atoms with Crippen LogP contribution in [0.5, 0.6) is 0 Å². The van der Waals surface area contributed by atoms with Gasteiger partial charge in [0.2, 0.25) is 0 Å². The van der Waals surface area contributed by atoms with E-state index in [0.717, 1.165) is 20.1 Å². The van der Waals surface area contributed by atoms with Crippen molar-refractivity contribution in [2.45, 2.75) is 13.8 Å². The highest BCUT2D eigenvalue weighted by Gasteiger charge is 2.15. The van der Waals surface area contributed by atoms with Crippen molar-refractivity contribution in [3.8, 4) is 0 Å². The molecule has 20 heavy (non-hydrogen) atoms. The van der Waals surface area contributed by atoms with Crippen LogP contribution in [-0.2, 0) is 0 Å². The molecule has 0 aromatic heterocycles. The number of nitrogens with two attached hydrogens (primary N) is 1. The molecule has 3 N–H and O–H groups in total. The van der Waals surface area contributed by atoms with Crippen LogP contribution in [0.15, 0.2) is 39.3 Å². The molecular formula is C15H14Br2N2O. The van der Waals surface area contributed by atoms with Crippen molar-refractivity contribution in [1.29, 1.82) is 0 Å². The first-order valence-electron chi connectivity index (χ1n) is 6.02. The molecule has 0 aliphatic heterocycles. The molecule has 104 valence electrons. The number of hydrogen-bond donors (Lipinski definition) is 2. The maximum Gasteiger partial charge on any atom is 0.256 e. The van der Waals surface area contributed by atoms with E-state index in [1.54, 1.807) is 6.07 Å². The highest BCUT2D eigenvalue weighted by molar-refractivity contribution is 9.11. The molecule has 5 heteroatoms. The minimum absolute atomic E-state index is 0.157. The number of benzene rings is 2. The van der Waals surface area contributed by atoms with E-state index in [1.165, 1.54) is 0 Å². The molecule has 2 aromatic rings. The Morgan fingerprint density at radius 3 is 2.30 bits per heavy atom. The van der Waals surface area contributed by atoms with E-state index < -0.39 is 0 Å². The topological polar surface area (TPSA) is 55.1 Å². The van der Waals surface area contributed by atoms with Gasteiger partial charge in [0.15, 0.2) is 0 Å². The average Bonchev–Trinajstić information content (AvgIpc) is 2.33. The smallest absolute Gasteiger partial charge is 0.256 e. The number of anilines is 2. The zero-order chi connectivity index (χ0) is 14.9. The first-order valence-corrected chi connectivity index (χ1v) is 7.61. The SMILES string of the molecule is Cc1cccc(C)c1C(=O)Nc1c(N)cc(Br)cc1Br. The van der Waals surface area contributed by atoms with Gasteiger partial charge in [-0.25, -0.2) is 0 Å². The summed E-state index contributed by atoms with van der Waals surface area (Å²) in [5, 5.41) is 2.87. The molecular weight excluding hydrogens is 384 g/mol. The number of halogens is 2. The molecule has 0 heterocycles. The molecule has 0 fully saturated rings. The predicted molar refractivity (Wildman–Crippen MR) is 90.1 cm³/mol. The third kappa shape index (κ3) is 3.04. The molecule has 0 spiro atoms. The van der Waals surface area contributed by atoms with E-state index in [2.05, 4.69) is 37.2 Å². The fourth-order valence-electron chi connectivity index (χ4n) is 2.07. The van der Waals surface area contributed by atoms with Crippen molar-refractivity contribution in [1.82, 2.24) is 0 Å². The Kier molecular flexibility index (Phi) is 4.50. The van der Waals surface area contributed by atoms with Crippen molar-refractivity contribution in [3.63, 3.8) is 0 Å². The molecule has 0 bridgehead atoms. The second-order valence-corrected chi connectivity index (χ2v) is 6.34. The van der Waals surface area contributed by atoms with E-state index in [4.69, 9.17) is 5.73 Å². The first-order chi connectivity index (χ1) is 9.40. The Labute approximate surface area is 134 Å². The minimum atomic E-state index is -0.157. The number of aryl methyl sites for hydroxylation is 2. The fraction of sp³-hybridized carbons (Fsp3) is 0.133. The van der Waals surface area contributed by atoms with Gasteiger partial charge in [-0.3, -0.25) is 4.79 Å². The maximum absolute atomic E-state index is 12.4. The van der Waals surface area contributed by atoms with E-state index >= 15 is 0 Å². The van der Waals surface area contributed by atoms with Gasteiger partial charge in [-0.15, -0.1) is 0 Å². The first kappa shape index (κ1) is 15.1. The predicted octanol–water partition coefficient (Wildman–Crippen LogP) is 4.66. The minimum Gasteiger partial charge on any atom is -0.397 e. The number of nitrogens with one attached hydrogen (secondary N) is 1. The zero-order valence-corrected chi connectivity index (χ0v) is 14.3. The molecule has 0 saturated heterocycles. The van der Waals surface area contributed by atoms with Crippen molar-refractivity contribution in [2.75, 3.05) is 11.1 Å². The normalized spacial score (nSPS) is 10.4. The Hall–Kier alpha value is -1.33. The van der Waals surface area contributed by atoms with Crippen LogP contribution in [0.4, 0.5) is 11.4 Å². The van der Waals surface area contributed by atoms with Gasteiger partial charge in [0.1, 0.15) is 0 Å². The Morgan fingerprint density at radius 2 is 1.75 bits per heavy atom. The highest BCUT2D eigenvalue weighted by Crippen LogP contribution is 2.33. The van der Waals surface area contributed by atoms with Crippen LogP contribution in [0.3, 0.4) is 0 Å². The summed E-state index contributed by atoms with van der Waals surface area (Å²) in [5.41, 5.74) is 9.60. The molecule has 0 atom stereocenters. The molecule has 2 aromatic carbocycles. The van der Waals surface area contributed by atoms with Gasteiger partial charge in [0.05, 0.1) is 11.4 Å². The number of amides is 1. The zero-order valence-electron chi connectivity index (χ0n) is 11.1. The highest BCUT2D eigenvalue weighted by atomic mass is 79.9. The summed E-state index contributed by atoms with van der Waals surface area (Å²) in [7, 11) is 0. The quantitative estimate of drug-likeness (QED) is 0.723. The van der Waals surface area contributed by atoms with Gasteiger partial charge in [0, 0.05) is 14.5 Å². The lowest BCUT2D eigenvalue weighted by molar-refractivity contribution is 0.102. The van der Waals surface area contributed by atoms with Gasteiger partial charge < -0.3 is 11.1 Å².